The van der Waals surface area contributed by atoms with E-state index in [2.05, 4.69) is 45.9 Å². The highest BCUT2D eigenvalue weighted by Gasteiger charge is 2.21. The second-order valence-electron chi connectivity index (χ2n) is 4.93. The van der Waals surface area contributed by atoms with Crippen LogP contribution >= 0.6 is 11.8 Å². The molecule has 0 aliphatic heterocycles. The van der Waals surface area contributed by atoms with E-state index in [1.165, 1.54) is 16.0 Å². The molecule has 96 valence electrons. The molecule has 0 aliphatic carbocycles. The maximum absolute atomic E-state index is 9.45. The van der Waals surface area contributed by atoms with E-state index in [1.807, 2.05) is 0 Å². The third-order valence-electron chi connectivity index (χ3n) is 2.99. The number of benzene rings is 1. The summed E-state index contributed by atoms with van der Waals surface area (Å²) in [5.41, 5.74) is 8.64. The van der Waals surface area contributed by atoms with Crippen molar-refractivity contribution in [2.75, 3.05) is 6.61 Å². The topological polar surface area (TPSA) is 46.2 Å². The van der Waals surface area contributed by atoms with E-state index >= 15 is 0 Å². The fourth-order valence-electron chi connectivity index (χ4n) is 1.76. The number of rotatable bonds is 5. The predicted octanol–water partition coefficient (Wildman–Crippen LogP) is 2.74. The molecule has 0 saturated carbocycles. The predicted molar refractivity (Wildman–Crippen MR) is 75.5 cm³/mol. The second-order valence-corrected chi connectivity index (χ2v) is 6.21. The number of aliphatic hydroxyl groups excluding tert-OH is 1. The summed E-state index contributed by atoms with van der Waals surface area (Å²) in [6.45, 7) is 8.50. The first kappa shape index (κ1) is 14.6. The molecule has 0 aromatic heterocycles. The summed E-state index contributed by atoms with van der Waals surface area (Å²) in [7, 11) is 0. The van der Waals surface area contributed by atoms with Gasteiger partial charge in [0.05, 0.1) is 6.61 Å². The van der Waals surface area contributed by atoms with Crippen LogP contribution in [0.2, 0.25) is 0 Å². The zero-order valence-electron chi connectivity index (χ0n) is 11.1. The summed E-state index contributed by atoms with van der Waals surface area (Å²) in [5.74, 6) is 0.380. The summed E-state index contributed by atoms with van der Waals surface area (Å²) >= 11 is 1.69. The van der Waals surface area contributed by atoms with Gasteiger partial charge in [-0.1, -0.05) is 31.5 Å². The number of nitrogens with two attached hydrogens (primary N) is 1. The van der Waals surface area contributed by atoms with Crippen LogP contribution in [-0.2, 0) is 0 Å². The molecule has 0 aliphatic rings. The van der Waals surface area contributed by atoms with Crippen LogP contribution in [0.3, 0.4) is 0 Å². The number of hydrogen-bond acceptors (Lipinski definition) is 3. The molecule has 0 saturated heterocycles. The zero-order chi connectivity index (χ0) is 13.0. The quantitative estimate of drug-likeness (QED) is 0.793. The first-order chi connectivity index (χ1) is 7.95. The second kappa shape index (κ2) is 6.43. The van der Waals surface area contributed by atoms with Gasteiger partial charge in [0.25, 0.3) is 0 Å². The first-order valence-corrected chi connectivity index (χ1v) is 6.94. The summed E-state index contributed by atoms with van der Waals surface area (Å²) in [6.07, 6.45) is 0. The van der Waals surface area contributed by atoms with Crippen molar-refractivity contribution in [1.82, 2.24) is 0 Å². The van der Waals surface area contributed by atoms with Gasteiger partial charge in [-0.3, -0.25) is 0 Å². The summed E-state index contributed by atoms with van der Waals surface area (Å²) in [4.78, 5) is 1.21. The van der Waals surface area contributed by atoms with E-state index in [4.69, 9.17) is 5.73 Å². The van der Waals surface area contributed by atoms with Crippen LogP contribution in [0.25, 0.3) is 0 Å². The Balaban J connectivity index is 2.80. The highest BCUT2D eigenvalue weighted by atomic mass is 32.2. The Morgan fingerprint density at radius 3 is 2.41 bits per heavy atom. The maximum atomic E-state index is 9.45. The van der Waals surface area contributed by atoms with Gasteiger partial charge in [-0.05, 0) is 31.4 Å². The van der Waals surface area contributed by atoms with Gasteiger partial charge in [-0.2, -0.15) is 0 Å². The lowest BCUT2D eigenvalue weighted by molar-refractivity contribution is 0.269. The Labute approximate surface area is 109 Å². The lowest BCUT2D eigenvalue weighted by Gasteiger charge is -2.25. The minimum absolute atomic E-state index is 0.0192. The van der Waals surface area contributed by atoms with Crippen LogP contribution < -0.4 is 5.73 Å². The average Bonchev–Trinajstić information content (AvgIpc) is 2.27. The van der Waals surface area contributed by atoms with E-state index in [0.717, 1.165) is 0 Å². The molecule has 2 unspecified atom stereocenters. The summed E-state index contributed by atoms with van der Waals surface area (Å²) in [6, 6.07) is 6.40. The van der Waals surface area contributed by atoms with Crippen LogP contribution in [0, 0.1) is 19.8 Å². The van der Waals surface area contributed by atoms with Crippen molar-refractivity contribution in [2.45, 2.75) is 43.9 Å². The summed E-state index contributed by atoms with van der Waals surface area (Å²) < 4.78 is 0. The average molecular weight is 253 g/mol. The van der Waals surface area contributed by atoms with E-state index in [1.54, 1.807) is 11.8 Å². The Bertz CT molecular complexity index is 365. The Hall–Kier alpha value is -0.510. The molecular formula is C14H23NOS. The van der Waals surface area contributed by atoms with Gasteiger partial charge < -0.3 is 10.8 Å². The highest BCUT2D eigenvalue weighted by molar-refractivity contribution is 8.00. The van der Waals surface area contributed by atoms with Gasteiger partial charge in [0.15, 0.2) is 0 Å². The normalized spacial score (nSPS) is 15.0. The first-order valence-electron chi connectivity index (χ1n) is 6.06. The van der Waals surface area contributed by atoms with Gasteiger partial charge in [0.1, 0.15) is 0 Å². The van der Waals surface area contributed by atoms with Crippen LogP contribution in [0.5, 0.6) is 0 Å². The standard InChI is InChI=1S/C14H23NOS/c1-9(2)14(15)13(8-16)17-12-6-5-10(3)7-11(12)4/h5-7,9,13-14,16H,8,15H2,1-4H3. The van der Waals surface area contributed by atoms with Crippen molar-refractivity contribution >= 4 is 11.8 Å². The molecule has 1 rings (SSSR count). The van der Waals surface area contributed by atoms with Crippen LogP contribution in [0.15, 0.2) is 23.1 Å². The fourth-order valence-corrected chi connectivity index (χ4v) is 3.03. The van der Waals surface area contributed by atoms with E-state index < -0.39 is 0 Å². The molecule has 3 N–H and O–H groups in total. The largest absolute Gasteiger partial charge is 0.395 e. The van der Waals surface area contributed by atoms with Crippen LogP contribution in [0.4, 0.5) is 0 Å². The van der Waals surface area contributed by atoms with Gasteiger partial charge in [0.2, 0.25) is 0 Å². The number of thioether (sulfide) groups is 1. The monoisotopic (exact) mass is 253 g/mol. The van der Waals surface area contributed by atoms with E-state index in [9.17, 15) is 5.11 Å². The van der Waals surface area contributed by atoms with Gasteiger partial charge in [0, 0.05) is 16.2 Å². The van der Waals surface area contributed by atoms with E-state index in [0.29, 0.717) is 5.92 Å². The minimum Gasteiger partial charge on any atom is -0.395 e. The SMILES string of the molecule is Cc1ccc(SC(CO)C(N)C(C)C)c(C)c1. The molecule has 2 nitrogen and oxygen atoms in total. The summed E-state index contributed by atoms with van der Waals surface area (Å²) in [5, 5.41) is 9.52. The lowest BCUT2D eigenvalue weighted by atomic mass is 10.0. The maximum Gasteiger partial charge on any atom is 0.0568 e. The van der Waals surface area contributed by atoms with Gasteiger partial charge in [-0.15, -0.1) is 11.8 Å². The van der Waals surface area contributed by atoms with Crippen molar-refractivity contribution in [2.24, 2.45) is 11.7 Å². The Morgan fingerprint density at radius 1 is 1.29 bits per heavy atom. The smallest absolute Gasteiger partial charge is 0.0568 e. The highest BCUT2D eigenvalue weighted by Crippen LogP contribution is 2.29. The molecule has 17 heavy (non-hydrogen) atoms. The molecule has 0 heterocycles. The molecule has 1 aromatic rings. The van der Waals surface area contributed by atoms with Crippen molar-refractivity contribution < 1.29 is 5.11 Å². The number of aliphatic hydroxyl groups is 1. The molecule has 0 bridgehead atoms. The lowest BCUT2D eigenvalue weighted by Crippen LogP contribution is -2.39. The van der Waals surface area contributed by atoms with Crippen molar-refractivity contribution in [1.29, 1.82) is 0 Å². The molecule has 3 heteroatoms. The van der Waals surface area contributed by atoms with Crippen molar-refractivity contribution in [3.63, 3.8) is 0 Å². The van der Waals surface area contributed by atoms with Crippen molar-refractivity contribution in [3.05, 3.63) is 29.3 Å². The minimum atomic E-state index is 0.0192. The van der Waals surface area contributed by atoms with Gasteiger partial charge >= 0.3 is 0 Å². The number of hydrogen-bond donors (Lipinski definition) is 2. The Morgan fingerprint density at radius 2 is 1.94 bits per heavy atom. The van der Waals surface area contributed by atoms with Crippen LogP contribution in [-0.4, -0.2) is 23.0 Å². The third kappa shape index (κ3) is 4.02. The third-order valence-corrected chi connectivity index (χ3v) is 4.47. The molecule has 0 fully saturated rings. The molecule has 2 atom stereocenters. The van der Waals surface area contributed by atoms with Crippen LogP contribution in [0.1, 0.15) is 25.0 Å². The molecule has 0 spiro atoms. The molecular weight excluding hydrogens is 230 g/mol. The van der Waals surface area contributed by atoms with Gasteiger partial charge in [-0.25, -0.2) is 0 Å². The molecule has 0 radical (unpaired) electrons. The van der Waals surface area contributed by atoms with Crippen molar-refractivity contribution in [3.8, 4) is 0 Å². The Kier molecular flexibility index (Phi) is 5.50. The molecule has 1 aromatic carbocycles. The molecule has 0 amide bonds. The number of aryl methyl sites for hydroxylation is 2. The fraction of sp³-hybridized carbons (Fsp3) is 0.571. The van der Waals surface area contributed by atoms with E-state index in [-0.39, 0.29) is 17.9 Å². The zero-order valence-corrected chi connectivity index (χ0v) is 11.9.